The molecule has 1 aromatic carbocycles. The quantitative estimate of drug-likeness (QED) is 0.846. The molecule has 2 nitrogen and oxygen atoms in total. The number of thiocarbonyl (C=S) groups is 1. The molecule has 88 valence electrons. The monoisotopic (exact) mass is 300 g/mol. The van der Waals surface area contributed by atoms with Gasteiger partial charge in [0.05, 0.1) is 5.69 Å². The maximum absolute atomic E-state index is 5.60. The minimum absolute atomic E-state index is 0.436. The Morgan fingerprint density at radius 2 is 2.12 bits per heavy atom. The molecule has 0 bridgehead atoms. The predicted molar refractivity (Wildman–Crippen MR) is 78.2 cm³/mol. The average Bonchev–Trinajstić information content (AvgIpc) is 2.26. The Balaban J connectivity index is 3.01. The Bertz CT molecular complexity index is 379. The lowest BCUT2D eigenvalue weighted by molar-refractivity contribution is 0.790. The number of hydrogen-bond acceptors (Lipinski definition) is 2. The molecule has 0 atom stereocenters. The van der Waals surface area contributed by atoms with Gasteiger partial charge < -0.3 is 10.6 Å². The standard InChI is InChI=1S/C12H17BrN2S/c1-3-7-15(4-2)11-6-5-9(12(14)16)8-10(11)13/h5-6,8H,3-4,7H2,1-2H3,(H2,14,16). The summed E-state index contributed by atoms with van der Waals surface area (Å²) in [6.45, 7) is 6.39. The predicted octanol–water partition coefficient (Wildman–Crippen LogP) is 3.32. The van der Waals surface area contributed by atoms with Crippen LogP contribution < -0.4 is 10.6 Å². The molecule has 2 N–H and O–H groups in total. The van der Waals surface area contributed by atoms with Crippen LogP contribution in [0.5, 0.6) is 0 Å². The van der Waals surface area contributed by atoms with Crippen LogP contribution in [0.4, 0.5) is 5.69 Å². The summed E-state index contributed by atoms with van der Waals surface area (Å²) in [7, 11) is 0. The molecule has 0 radical (unpaired) electrons. The van der Waals surface area contributed by atoms with E-state index in [0.29, 0.717) is 4.99 Å². The first-order valence-corrected chi connectivity index (χ1v) is 6.64. The van der Waals surface area contributed by atoms with Crippen molar-refractivity contribution >= 4 is 38.8 Å². The van der Waals surface area contributed by atoms with Gasteiger partial charge in [0.25, 0.3) is 0 Å². The third-order valence-electron chi connectivity index (χ3n) is 2.45. The first kappa shape index (κ1) is 13.5. The van der Waals surface area contributed by atoms with Gasteiger partial charge in [-0.15, -0.1) is 0 Å². The van der Waals surface area contributed by atoms with Crippen molar-refractivity contribution in [2.24, 2.45) is 5.73 Å². The van der Waals surface area contributed by atoms with Gasteiger partial charge >= 0.3 is 0 Å². The van der Waals surface area contributed by atoms with E-state index in [1.165, 1.54) is 5.69 Å². The molecule has 0 aromatic heterocycles. The van der Waals surface area contributed by atoms with Crippen LogP contribution in [-0.4, -0.2) is 18.1 Å². The van der Waals surface area contributed by atoms with Crippen molar-refractivity contribution in [2.45, 2.75) is 20.3 Å². The minimum atomic E-state index is 0.436. The van der Waals surface area contributed by atoms with E-state index in [4.69, 9.17) is 18.0 Å². The van der Waals surface area contributed by atoms with E-state index in [2.05, 4.69) is 40.7 Å². The van der Waals surface area contributed by atoms with Crippen molar-refractivity contribution in [3.8, 4) is 0 Å². The average molecular weight is 301 g/mol. The highest BCUT2D eigenvalue weighted by Crippen LogP contribution is 2.27. The van der Waals surface area contributed by atoms with Crippen LogP contribution >= 0.6 is 28.1 Å². The summed E-state index contributed by atoms with van der Waals surface area (Å²) in [6, 6.07) is 6.02. The summed E-state index contributed by atoms with van der Waals surface area (Å²) in [5.41, 5.74) is 7.70. The van der Waals surface area contributed by atoms with E-state index in [9.17, 15) is 0 Å². The van der Waals surface area contributed by atoms with Crippen LogP contribution in [0, 0.1) is 0 Å². The smallest absolute Gasteiger partial charge is 0.104 e. The summed E-state index contributed by atoms with van der Waals surface area (Å²) < 4.78 is 1.05. The van der Waals surface area contributed by atoms with E-state index in [0.717, 1.165) is 29.5 Å². The summed E-state index contributed by atoms with van der Waals surface area (Å²) in [5.74, 6) is 0. The first-order chi connectivity index (χ1) is 7.60. The number of benzene rings is 1. The second-order valence-corrected chi connectivity index (χ2v) is 4.90. The number of nitrogens with two attached hydrogens (primary N) is 1. The lowest BCUT2D eigenvalue weighted by Gasteiger charge is -2.24. The molecular weight excluding hydrogens is 284 g/mol. The van der Waals surface area contributed by atoms with Crippen LogP contribution in [0.1, 0.15) is 25.8 Å². The van der Waals surface area contributed by atoms with Crippen molar-refractivity contribution in [3.63, 3.8) is 0 Å². The highest BCUT2D eigenvalue weighted by molar-refractivity contribution is 9.10. The molecule has 0 fully saturated rings. The molecule has 0 saturated heterocycles. The van der Waals surface area contributed by atoms with Crippen LogP contribution in [0.15, 0.2) is 22.7 Å². The second-order valence-electron chi connectivity index (χ2n) is 3.61. The number of anilines is 1. The molecule has 0 heterocycles. The normalized spacial score (nSPS) is 10.2. The summed E-state index contributed by atoms with van der Waals surface area (Å²) >= 11 is 8.52. The van der Waals surface area contributed by atoms with Crippen LogP contribution in [-0.2, 0) is 0 Å². The zero-order valence-electron chi connectivity index (χ0n) is 9.66. The van der Waals surface area contributed by atoms with Crippen molar-refractivity contribution in [1.29, 1.82) is 0 Å². The number of nitrogens with zero attached hydrogens (tertiary/aromatic N) is 1. The molecule has 0 spiro atoms. The molecule has 4 heteroatoms. The third-order valence-corrected chi connectivity index (χ3v) is 3.32. The number of halogens is 1. The molecule has 0 aliphatic rings. The van der Waals surface area contributed by atoms with Crippen LogP contribution in [0.2, 0.25) is 0 Å². The Morgan fingerprint density at radius 1 is 1.44 bits per heavy atom. The SMILES string of the molecule is CCCN(CC)c1ccc(C(N)=S)cc1Br. The molecule has 0 saturated carbocycles. The van der Waals surface area contributed by atoms with Gasteiger partial charge in [-0.05, 0) is 47.5 Å². The molecule has 16 heavy (non-hydrogen) atoms. The molecule has 0 aliphatic heterocycles. The van der Waals surface area contributed by atoms with E-state index in [-0.39, 0.29) is 0 Å². The third kappa shape index (κ3) is 3.19. The van der Waals surface area contributed by atoms with Gasteiger partial charge in [-0.1, -0.05) is 19.1 Å². The van der Waals surface area contributed by atoms with Gasteiger partial charge in [0.1, 0.15) is 4.99 Å². The molecule has 0 aliphatic carbocycles. The van der Waals surface area contributed by atoms with Gasteiger partial charge in [-0.2, -0.15) is 0 Å². The Hall–Kier alpha value is -0.610. The zero-order valence-corrected chi connectivity index (χ0v) is 12.1. The van der Waals surface area contributed by atoms with E-state index in [1.54, 1.807) is 0 Å². The fraction of sp³-hybridized carbons (Fsp3) is 0.417. The highest BCUT2D eigenvalue weighted by atomic mass is 79.9. The number of hydrogen-bond donors (Lipinski definition) is 1. The first-order valence-electron chi connectivity index (χ1n) is 5.44. The Labute approximate surface area is 111 Å². The maximum Gasteiger partial charge on any atom is 0.104 e. The fourth-order valence-corrected chi connectivity index (χ4v) is 2.39. The Kier molecular flexibility index (Phi) is 5.22. The minimum Gasteiger partial charge on any atom is -0.389 e. The Morgan fingerprint density at radius 3 is 2.56 bits per heavy atom. The fourth-order valence-electron chi connectivity index (χ4n) is 1.64. The van der Waals surface area contributed by atoms with Crippen molar-refractivity contribution in [3.05, 3.63) is 28.2 Å². The van der Waals surface area contributed by atoms with Crippen molar-refractivity contribution < 1.29 is 0 Å². The van der Waals surface area contributed by atoms with E-state index in [1.807, 2.05) is 12.1 Å². The van der Waals surface area contributed by atoms with Crippen molar-refractivity contribution in [1.82, 2.24) is 0 Å². The lowest BCUT2D eigenvalue weighted by Crippen LogP contribution is -2.24. The zero-order chi connectivity index (χ0) is 12.1. The maximum atomic E-state index is 5.60. The van der Waals surface area contributed by atoms with Gasteiger partial charge in [-0.3, -0.25) is 0 Å². The van der Waals surface area contributed by atoms with Gasteiger partial charge in [0.2, 0.25) is 0 Å². The summed E-state index contributed by atoms with van der Waals surface area (Å²) in [6.07, 6.45) is 1.14. The highest BCUT2D eigenvalue weighted by Gasteiger charge is 2.08. The molecular formula is C12H17BrN2S. The molecule has 0 unspecified atom stereocenters. The topological polar surface area (TPSA) is 29.3 Å². The van der Waals surface area contributed by atoms with Gasteiger partial charge in [0.15, 0.2) is 0 Å². The van der Waals surface area contributed by atoms with Gasteiger partial charge in [0, 0.05) is 23.1 Å². The summed E-state index contributed by atoms with van der Waals surface area (Å²) in [5, 5.41) is 0. The summed E-state index contributed by atoms with van der Waals surface area (Å²) in [4.78, 5) is 2.76. The second kappa shape index (κ2) is 6.21. The molecule has 0 amide bonds. The largest absolute Gasteiger partial charge is 0.389 e. The van der Waals surface area contributed by atoms with Crippen molar-refractivity contribution in [2.75, 3.05) is 18.0 Å². The molecule has 1 aromatic rings. The lowest BCUT2D eigenvalue weighted by atomic mass is 10.2. The van der Waals surface area contributed by atoms with Crippen LogP contribution in [0.3, 0.4) is 0 Å². The van der Waals surface area contributed by atoms with E-state index >= 15 is 0 Å². The van der Waals surface area contributed by atoms with E-state index < -0.39 is 0 Å². The van der Waals surface area contributed by atoms with Gasteiger partial charge in [-0.25, -0.2) is 0 Å². The van der Waals surface area contributed by atoms with Crippen LogP contribution in [0.25, 0.3) is 0 Å². The number of rotatable bonds is 5. The molecule has 1 rings (SSSR count).